The molecule has 3 rings (SSSR count). The van der Waals surface area contributed by atoms with Crippen LogP contribution in [-0.2, 0) is 13.0 Å². The van der Waals surface area contributed by atoms with Gasteiger partial charge in [0, 0.05) is 12.0 Å². The summed E-state index contributed by atoms with van der Waals surface area (Å²) in [6, 6.07) is 14.1. The van der Waals surface area contributed by atoms with Crippen molar-refractivity contribution in [3.63, 3.8) is 0 Å². The summed E-state index contributed by atoms with van der Waals surface area (Å²) in [5.74, 6) is 0.225. The fraction of sp³-hybridized carbons (Fsp3) is 0.292. The van der Waals surface area contributed by atoms with E-state index in [1.807, 2.05) is 26.8 Å². The largest absolute Gasteiger partial charge is 0.291 e. The van der Waals surface area contributed by atoms with E-state index < -0.39 is 5.82 Å². The fourth-order valence-corrected chi connectivity index (χ4v) is 3.42. The van der Waals surface area contributed by atoms with E-state index in [0.717, 1.165) is 6.42 Å². The van der Waals surface area contributed by atoms with E-state index in [0.29, 0.717) is 44.7 Å². The summed E-state index contributed by atoms with van der Waals surface area (Å²) in [4.78, 5) is 17.2. The molecule has 156 valence electrons. The molecule has 6 heteroatoms. The normalized spacial score (nSPS) is 10.2. The van der Waals surface area contributed by atoms with Crippen molar-refractivity contribution in [2.24, 2.45) is 0 Å². The molecular weight excluding hydrogens is 445 g/mol. The molecule has 0 bridgehead atoms. The van der Waals surface area contributed by atoms with Gasteiger partial charge in [0.25, 0.3) is 5.56 Å². The lowest BCUT2D eigenvalue weighted by Crippen LogP contribution is -2.27. The van der Waals surface area contributed by atoms with Crippen molar-refractivity contribution in [1.29, 1.82) is 5.26 Å². The Hall–Kier alpha value is -2.78. The third-order valence-corrected chi connectivity index (χ3v) is 5.49. The molecule has 4 nitrogen and oxygen atoms in total. The molecule has 0 amide bonds. The van der Waals surface area contributed by atoms with E-state index in [9.17, 15) is 14.4 Å². The summed E-state index contributed by atoms with van der Waals surface area (Å²) in [6.45, 7) is 7.89. The van der Waals surface area contributed by atoms with Crippen LogP contribution in [0.3, 0.4) is 0 Å². The SMILES string of the molecule is CC.CCCc1nc(C)c(Br)c(=O)n1Cc1ccc(-c2ccccc2C#N)cc1F. The fourth-order valence-electron chi connectivity index (χ4n) is 3.12. The van der Waals surface area contributed by atoms with Crippen LogP contribution >= 0.6 is 15.9 Å². The third-order valence-electron chi connectivity index (χ3n) is 4.57. The van der Waals surface area contributed by atoms with Crippen molar-refractivity contribution in [2.75, 3.05) is 0 Å². The maximum Gasteiger partial charge on any atom is 0.268 e. The Bertz CT molecular complexity index is 1130. The van der Waals surface area contributed by atoms with Gasteiger partial charge in [-0.15, -0.1) is 0 Å². The first-order valence-electron chi connectivity index (χ1n) is 10.00. The number of hydrogen-bond donors (Lipinski definition) is 0. The first kappa shape index (κ1) is 23.5. The molecule has 0 aliphatic heterocycles. The molecule has 0 N–H and O–H groups in total. The second kappa shape index (κ2) is 10.8. The predicted molar refractivity (Wildman–Crippen MR) is 122 cm³/mol. The lowest BCUT2D eigenvalue weighted by atomic mass is 9.99. The maximum absolute atomic E-state index is 14.9. The van der Waals surface area contributed by atoms with Gasteiger partial charge in [0.2, 0.25) is 0 Å². The molecule has 2 aromatic carbocycles. The zero-order valence-electron chi connectivity index (χ0n) is 17.7. The van der Waals surface area contributed by atoms with Crippen LogP contribution in [0.2, 0.25) is 0 Å². The zero-order valence-corrected chi connectivity index (χ0v) is 19.3. The second-order valence-corrected chi connectivity index (χ2v) is 7.33. The van der Waals surface area contributed by atoms with Crippen LogP contribution in [0.1, 0.15) is 49.8 Å². The Morgan fingerprint density at radius 2 is 1.90 bits per heavy atom. The van der Waals surface area contributed by atoms with Gasteiger partial charge in [-0.3, -0.25) is 9.36 Å². The van der Waals surface area contributed by atoms with Crippen LogP contribution in [0, 0.1) is 24.1 Å². The Morgan fingerprint density at radius 3 is 2.53 bits per heavy atom. The first-order valence-corrected chi connectivity index (χ1v) is 10.8. The van der Waals surface area contributed by atoms with Gasteiger partial charge in [-0.2, -0.15) is 5.26 Å². The van der Waals surface area contributed by atoms with Gasteiger partial charge in [-0.1, -0.05) is 51.1 Å². The minimum Gasteiger partial charge on any atom is -0.291 e. The van der Waals surface area contributed by atoms with Crippen molar-refractivity contribution in [1.82, 2.24) is 9.55 Å². The second-order valence-electron chi connectivity index (χ2n) is 6.53. The summed E-state index contributed by atoms with van der Waals surface area (Å²) < 4.78 is 16.8. The molecule has 3 aromatic rings. The number of aromatic nitrogens is 2. The molecule has 0 fully saturated rings. The summed E-state index contributed by atoms with van der Waals surface area (Å²) in [5, 5.41) is 9.27. The molecule has 0 saturated heterocycles. The minimum atomic E-state index is -0.420. The summed E-state index contributed by atoms with van der Waals surface area (Å²) in [7, 11) is 0. The van der Waals surface area contributed by atoms with Crippen LogP contribution < -0.4 is 5.56 Å². The molecular formula is C24H25BrFN3O. The molecule has 0 saturated carbocycles. The van der Waals surface area contributed by atoms with E-state index in [1.54, 1.807) is 37.3 Å². The van der Waals surface area contributed by atoms with Gasteiger partial charge in [0.1, 0.15) is 16.1 Å². The maximum atomic E-state index is 14.9. The molecule has 0 atom stereocenters. The van der Waals surface area contributed by atoms with Gasteiger partial charge in [0.05, 0.1) is 23.9 Å². The van der Waals surface area contributed by atoms with Crippen molar-refractivity contribution >= 4 is 15.9 Å². The van der Waals surface area contributed by atoms with E-state index >= 15 is 0 Å². The Labute approximate surface area is 185 Å². The number of rotatable bonds is 5. The highest BCUT2D eigenvalue weighted by Gasteiger charge is 2.15. The van der Waals surface area contributed by atoms with Crippen molar-refractivity contribution in [3.05, 3.63) is 85.8 Å². The predicted octanol–water partition coefficient (Wildman–Crippen LogP) is 6.02. The standard InChI is InChI=1S/C22H19BrFN3O.C2H6/c1-3-6-20-26-14(2)21(23)22(28)27(20)13-17-10-9-15(11-19(17)24)18-8-5-4-7-16(18)12-25;1-2/h4-5,7-11H,3,6,13H2,1-2H3;1-2H3. The highest BCUT2D eigenvalue weighted by atomic mass is 79.9. The van der Waals surface area contributed by atoms with E-state index in [4.69, 9.17) is 0 Å². The monoisotopic (exact) mass is 469 g/mol. The number of nitriles is 1. The highest BCUT2D eigenvalue weighted by molar-refractivity contribution is 9.10. The van der Waals surface area contributed by atoms with Crippen LogP contribution in [0.15, 0.2) is 51.7 Å². The summed E-state index contributed by atoms with van der Waals surface area (Å²) >= 11 is 3.28. The smallest absolute Gasteiger partial charge is 0.268 e. The van der Waals surface area contributed by atoms with Crippen LogP contribution in [0.25, 0.3) is 11.1 Å². The Balaban J connectivity index is 0.00000155. The Kier molecular flexibility index (Phi) is 8.49. The molecule has 1 aromatic heterocycles. The van der Waals surface area contributed by atoms with E-state index in [2.05, 4.69) is 27.0 Å². The van der Waals surface area contributed by atoms with Crippen LogP contribution in [0.4, 0.5) is 4.39 Å². The molecule has 0 aliphatic rings. The topological polar surface area (TPSA) is 58.7 Å². The quantitative estimate of drug-likeness (QED) is 0.458. The van der Waals surface area contributed by atoms with Gasteiger partial charge >= 0.3 is 0 Å². The average molecular weight is 470 g/mol. The molecule has 0 unspecified atom stereocenters. The number of hydrogen-bond acceptors (Lipinski definition) is 3. The van der Waals surface area contributed by atoms with Crippen molar-refractivity contribution < 1.29 is 4.39 Å². The van der Waals surface area contributed by atoms with Crippen molar-refractivity contribution in [2.45, 2.75) is 47.1 Å². The van der Waals surface area contributed by atoms with Gasteiger partial charge in [-0.05, 0) is 52.5 Å². The summed E-state index contributed by atoms with van der Waals surface area (Å²) in [6.07, 6.45) is 1.47. The third kappa shape index (κ3) is 5.03. The highest BCUT2D eigenvalue weighted by Crippen LogP contribution is 2.25. The lowest BCUT2D eigenvalue weighted by Gasteiger charge is -2.15. The number of aryl methyl sites for hydroxylation is 2. The van der Waals surface area contributed by atoms with Crippen LogP contribution in [0.5, 0.6) is 0 Å². The van der Waals surface area contributed by atoms with Gasteiger partial charge in [-0.25, -0.2) is 9.37 Å². The number of benzene rings is 2. The molecule has 1 heterocycles. The molecule has 0 aliphatic carbocycles. The van der Waals surface area contributed by atoms with E-state index in [-0.39, 0.29) is 12.1 Å². The average Bonchev–Trinajstić information content (AvgIpc) is 2.77. The first-order chi connectivity index (χ1) is 14.5. The molecule has 0 radical (unpaired) electrons. The lowest BCUT2D eigenvalue weighted by molar-refractivity contribution is 0.580. The number of nitrogens with zero attached hydrogens (tertiary/aromatic N) is 3. The summed E-state index contributed by atoms with van der Waals surface area (Å²) in [5.41, 5.74) is 2.61. The molecule has 0 spiro atoms. The van der Waals surface area contributed by atoms with Gasteiger partial charge < -0.3 is 0 Å². The van der Waals surface area contributed by atoms with Gasteiger partial charge in [0.15, 0.2) is 0 Å². The molecule has 30 heavy (non-hydrogen) atoms. The number of halogens is 2. The minimum absolute atomic E-state index is 0.103. The Morgan fingerprint density at radius 1 is 1.20 bits per heavy atom. The zero-order chi connectivity index (χ0) is 22.3. The van der Waals surface area contributed by atoms with E-state index in [1.165, 1.54) is 10.6 Å². The van der Waals surface area contributed by atoms with Crippen LogP contribution in [-0.4, -0.2) is 9.55 Å². The van der Waals surface area contributed by atoms with Crippen molar-refractivity contribution in [3.8, 4) is 17.2 Å².